The van der Waals surface area contributed by atoms with Gasteiger partial charge in [-0.15, -0.1) is 0 Å². The zero-order chi connectivity index (χ0) is 10.7. The fraction of sp³-hybridized carbons (Fsp3) is 0.385. The Balaban J connectivity index is 2.41. The second kappa shape index (κ2) is 4.49. The topological polar surface area (TPSA) is 16.4 Å². The maximum atomic E-state index is 3.51. The molecule has 2 rings (SSSR count). The zero-order valence-electron chi connectivity index (χ0n) is 9.40. The summed E-state index contributed by atoms with van der Waals surface area (Å²) in [5.41, 5.74) is 2.71. The Hall–Kier alpha value is -1.28. The first-order chi connectivity index (χ1) is 7.36. The molecule has 2 aromatic rings. The Kier molecular flexibility index (Phi) is 3.07. The Labute approximate surface area is 90.9 Å². The molecule has 0 amide bonds. The second-order valence-corrected chi connectivity index (χ2v) is 3.78. The van der Waals surface area contributed by atoms with E-state index in [1.54, 1.807) is 0 Å². The quantitative estimate of drug-likeness (QED) is 0.806. The summed E-state index contributed by atoms with van der Waals surface area (Å²) in [5.74, 6) is 0. The molecule has 1 N–H and O–H groups in total. The number of hydrogen-bond acceptors (Lipinski definition) is 1. The van der Waals surface area contributed by atoms with Crippen molar-refractivity contribution in [3.05, 3.63) is 42.2 Å². The molecule has 0 spiro atoms. The molecule has 0 aliphatic rings. The fourth-order valence-corrected chi connectivity index (χ4v) is 2.09. The molecule has 1 unspecified atom stereocenters. The summed E-state index contributed by atoms with van der Waals surface area (Å²) in [6.07, 6.45) is 5.35. The van der Waals surface area contributed by atoms with Gasteiger partial charge >= 0.3 is 0 Å². The van der Waals surface area contributed by atoms with Crippen molar-refractivity contribution in [3.8, 4) is 0 Å². The van der Waals surface area contributed by atoms with Crippen LogP contribution in [0.25, 0.3) is 5.52 Å². The zero-order valence-corrected chi connectivity index (χ0v) is 9.40. The molecular weight excluding hydrogens is 184 g/mol. The predicted molar refractivity (Wildman–Crippen MR) is 64.1 cm³/mol. The molecule has 1 atom stereocenters. The average molecular weight is 202 g/mol. The SMILES string of the molecule is CCNC(CC)c1ccn2ccccc12. The Morgan fingerprint density at radius 2 is 2.07 bits per heavy atom. The molecule has 0 aliphatic carbocycles. The van der Waals surface area contributed by atoms with Crippen LogP contribution in [0.15, 0.2) is 36.7 Å². The second-order valence-electron chi connectivity index (χ2n) is 3.78. The molecule has 2 heteroatoms. The van der Waals surface area contributed by atoms with Crippen LogP contribution in [0, 0.1) is 0 Å². The van der Waals surface area contributed by atoms with Gasteiger partial charge in [0, 0.05) is 24.0 Å². The van der Waals surface area contributed by atoms with Crippen LogP contribution in [-0.2, 0) is 0 Å². The molecule has 80 valence electrons. The number of nitrogens with zero attached hydrogens (tertiary/aromatic N) is 1. The molecule has 2 aromatic heterocycles. The highest BCUT2D eigenvalue weighted by atomic mass is 14.9. The van der Waals surface area contributed by atoms with Gasteiger partial charge in [-0.25, -0.2) is 0 Å². The van der Waals surface area contributed by atoms with Crippen LogP contribution in [-0.4, -0.2) is 10.9 Å². The lowest BCUT2D eigenvalue weighted by atomic mass is 10.1. The Morgan fingerprint density at radius 3 is 2.80 bits per heavy atom. The van der Waals surface area contributed by atoms with Gasteiger partial charge in [0.25, 0.3) is 0 Å². The molecule has 0 aliphatic heterocycles. The van der Waals surface area contributed by atoms with E-state index >= 15 is 0 Å². The summed E-state index contributed by atoms with van der Waals surface area (Å²) in [6.45, 7) is 5.39. The van der Waals surface area contributed by atoms with Crippen molar-refractivity contribution in [2.24, 2.45) is 0 Å². The van der Waals surface area contributed by atoms with Gasteiger partial charge in [0.15, 0.2) is 0 Å². The minimum Gasteiger partial charge on any atom is -0.324 e. The number of nitrogens with one attached hydrogen (secondary N) is 1. The van der Waals surface area contributed by atoms with Crippen molar-refractivity contribution in [1.29, 1.82) is 0 Å². The molecule has 0 bridgehead atoms. The first kappa shape index (κ1) is 10.2. The third-order valence-corrected chi connectivity index (χ3v) is 2.83. The molecular formula is C13H18N2. The van der Waals surface area contributed by atoms with E-state index in [0.717, 1.165) is 13.0 Å². The summed E-state index contributed by atoms with van der Waals surface area (Å²) in [7, 11) is 0. The van der Waals surface area contributed by atoms with E-state index in [1.807, 2.05) is 0 Å². The molecule has 15 heavy (non-hydrogen) atoms. The van der Waals surface area contributed by atoms with Gasteiger partial charge in [0.1, 0.15) is 0 Å². The summed E-state index contributed by atoms with van der Waals surface area (Å²) < 4.78 is 2.18. The lowest BCUT2D eigenvalue weighted by Crippen LogP contribution is -2.19. The van der Waals surface area contributed by atoms with Crippen molar-refractivity contribution >= 4 is 5.52 Å². The van der Waals surface area contributed by atoms with E-state index < -0.39 is 0 Å². The van der Waals surface area contributed by atoms with Crippen LogP contribution < -0.4 is 5.32 Å². The van der Waals surface area contributed by atoms with Crippen molar-refractivity contribution in [1.82, 2.24) is 9.72 Å². The van der Waals surface area contributed by atoms with Crippen molar-refractivity contribution in [2.75, 3.05) is 6.54 Å². The lowest BCUT2D eigenvalue weighted by Gasteiger charge is -2.15. The highest BCUT2D eigenvalue weighted by Crippen LogP contribution is 2.22. The molecule has 2 heterocycles. The molecule has 0 fully saturated rings. The van der Waals surface area contributed by atoms with Gasteiger partial charge in [-0.05, 0) is 36.7 Å². The Bertz CT molecular complexity index is 431. The highest BCUT2D eigenvalue weighted by molar-refractivity contribution is 5.56. The lowest BCUT2D eigenvalue weighted by molar-refractivity contribution is 0.541. The van der Waals surface area contributed by atoms with E-state index in [9.17, 15) is 0 Å². The molecule has 0 radical (unpaired) electrons. The van der Waals surface area contributed by atoms with Crippen LogP contribution in [0.5, 0.6) is 0 Å². The minimum atomic E-state index is 0.474. The van der Waals surface area contributed by atoms with Gasteiger partial charge in [0.05, 0.1) is 0 Å². The van der Waals surface area contributed by atoms with Gasteiger partial charge in [-0.1, -0.05) is 19.9 Å². The summed E-state index contributed by atoms with van der Waals surface area (Å²) in [6, 6.07) is 9.02. The third-order valence-electron chi connectivity index (χ3n) is 2.83. The average Bonchev–Trinajstić information content (AvgIpc) is 2.70. The standard InChI is InChI=1S/C13H18N2/c1-3-12(14-4-2)11-8-10-15-9-6-5-7-13(11)15/h5-10,12,14H,3-4H2,1-2H3. The van der Waals surface area contributed by atoms with E-state index in [0.29, 0.717) is 6.04 Å². The molecule has 0 aromatic carbocycles. The summed E-state index contributed by atoms with van der Waals surface area (Å²) in [5, 5.41) is 3.51. The van der Waals surface area contributed by atoms with E-state index in [4.69, 9.17) is 0 Å². The van der Waals surface area contributed by atoms with Crippen LogP contribution in [0.1, 0.15) is 31.9 Å². The molecule has 0 saturated heterocycles. The number of hydrogen-bond donors (Lipinski definition) is 1. The van der Waals surface area contributed by atoms with Crippen LogP contribution in [0.4, 0.5) is 0 Å². The van der Waals surface area contributed by atoms with Crippen LogP contribution in [0.2, 0.25) is 0 Å². The van der Waals surface area contributed by atoms with E-state index in [-0.39, 0.29) is 0 Å². The van der Waals surface area contributed by atoms with Crippen molar-refractivity contribution < 1.29 is 0 Å². The summed E-state index contributed by atoms with van der Waals surface area (Å²) in [4.78, 5) is 0. The molecule has 2 nitrogen and oxygen atoms in total. The normalized spacial score (nSPS) is 13.2. The highest BCUT2D eigenvalue weighted by Gasteiger charge is 2.11. The smallest absolute Gasteiger partial charge is 0.0497 e. The van der Waals surface area contributed by atoms with E-state index in [1.165, 1.54) is 11.1 Å². The van der Waals surface area contributed by atoms with Gasteiger partial charge in [-0.2, -0.15) is 0 Å². The minimum absolute atomic E-state index is 0.474. The number of rotatable bonds is 4. The number of pyridine rings is 1. The van der Waals surface area contributed by atoms with Gasteiger partial charge < -0.3 is 9.72 Å². The first-order valence-electron chi connectivity index (χ1n) is 5.65. The largest absolute Gasteiger partial charge is 0.324 e. The number of fused-ring (bicyclic) bond motifs is 1. The number of aromatic nitrogens is 1. The maximum absolute atomic E-state index is 3.51. The van der Waals surface area contributed by atoms with Gasteiger partial charge in [-0.3, -0.25) is 0 Å². The first-order valence-corrected chi connectivity index (χ1v) is 5.65. The van der Waals surface area contributed by atoms with Crippen molar-refractivity contribution in [3.63, 3.8) is 0 Å². The van der Waals surface area contributed by atoms with Crippen LogP contribution >= 0.6 is 0 Å². The summed E-state index contributed by atoms with van der Waals surface area (Å²) >= 11 is 0. The van der Waals surface area contributed by atoms with Crippen LogP contribution in [0.3, 0.4) is 0 Å². The maximum Gasteiger partial charge on any atom is 0.0497 e. The molecule has 0 saturated carbocycles. The third kappa shape index (κ3) is 1.90. The Morgan fingerprint density at radius 1 is 1.20 bits per heavy atom. The van der Waals surface area contributed by atoms with Gasteiger partial charge in [0.2, 0.25) is 0 Å². The fourth-order valence-electron chi connectivity index (χ4n) is 2.09. The predicted octanol–water partition coefficient (Wildman–Crippen LogP) is 3.00. The van der Waals surface area contributed by atoms with Crippen molar-refractivity contribution in [2.45, 2.75) is 26.3 Å². The monoisotopic (exact) mass is 202 g/mol. The van der Waals surface area contributed by atoms with E-state index in [2.05, 4.69) is 60.2 Å².